The van der Waals surface area contributed by atoms with Crippen LogP contribution in [0.4, 0.5) is 0 Å². The molecular weight excluding hydrogens is 402 g/mol. The van der Waals surface area contributed by atoms with Crippen molar-refractivity contribution in [2.24, 2.45) is 11.3 Å². The van der Waals surface area contributed by atoms with Crippen molar-refractivity contribution in [3.8, 4) is 11.5 Å². The highest BCUT2D eigenvalue weighted by Crippen LogP contribution is 2.79. The third-order valence-corrected chi connectivity index (χ3v) is 10.9. The molecular formula is C27H39NO4. The Hall–Kier alpha value is -1.30. The molecule has 5 heteroatoms. The van der Waals surface area contributed by atoms with E-state index in [-0.39, 0.29) is 22.5 Å². The molecule has 0 aromatic heterocycles. The van der Waals surface area contributed by atoms with Crippen LogP contribution in [0.3, 0.4) is 0 Å². The van der Waals surface area contributed by atoms with Crippen molar-refractivity contribution in [2.45, 2.75) is 107 Å². The van der Waals surface area contributed by atoms with Crippen molar-refractivity contribution >= 4 is 0 Å². The van der Waals surface area contributed by atoms with Gasteiger partial charge in [0.1, 0.15) is 11.2 Å². The average molecular weight is 442 g/mol. The number of likely N-dealkylation sites (tertiary alicyclic amines) is 1. The molecule has 2 bridgehead atoms. The highest BCUT2D eigenvalue weighted by Gasteiger charge is 2.85. The minimum atomic E-state index is -0.893. The van der Waals surface area contributed by atoms with E-state index in [0.29, 0.717) is 17.8 Å². The standard InChI is InChI=1S/C27H39NO4/c1-16-7-10-19(29)22-21(16)26-13-14-28(18-8-9-18)17(2)25(26)11-12-27(31-6,24(26,5)32-22)20(15-25)23(3,4)30/h7,10,17-18,20,29-30H,8-9,11-15H2,1-6H3. The summed E-state index contributed by atoms with van der Waals surface area (Å²) < 4.78 is 13.5. The summed E-state index contributed by atoms with van der Waals surface area (Å²) in [6.45, 7) is 11.8. The number of ether oxygens (including phenoxy) is 2. The van der Waals surface area contributed by atoms with E-state index in [4.69, 9.17) is 9.47 Å². The van der Waals surface area contributed by atoms with Crippen LogP contribution in [0.25, 0.3) is 0 Å². The zero-order chi connectivity index (χ0) is 22.9. The van der Waals surface area contributed by atoms with Crippen LogP contribution in [0.5, 0.6) is 11.5 Å². The Morgan fingerprint density at radius 2 is 1.91 bits per heavy atom. The molecule has 6 aliphatic rings. The van der Waals surface area contributed by atoms with Gasteiger partial charge in [0.2, 0.25) is 0 Å². The maximum atomic E-state index is 11.5. The van der Waals surface area contributed by atoms with E-state index in [0.717, 1.165) is 32.2 Å². The fourth-order valence-corrected chi connectivity index (χ4v) is 9.50. The zero-order valence-electron chi connectivity index (χ0n) is 20.5. The van der Waals surface area contributed by atoms with Gasteiger partial charge in [-0.1, -0.05) is 6.07 Å². The third-order valence-electron chi connectivity index (χ3n) is 10.9. The SMILES string of the molecule is COC12CCC3(CC1C(C)(C)O)C(C)N(C1CC1)CCC31c3c(C)ccc(O)c3OC21C. The molecule has 4 saturated carbocycles. The van der Waals surface area contributed by atoms with Crippen molar-refractivity contribution in [3.05, 3.63) is 23.3 Å². The van der Waals surface area contributed by atoms with Crippen molar-refractivity contribution in [1.82, 2.24) is 4.90 Å². The van der Waals surface area contributed by atoms with E-state index < -0.39 is 16.8 Å². The lowest BCUT2D eigenvalue weighted by molar-refractivity contribution is -0.332. The first-order chi connectivity index (χ1) is 15.0. The van der Waals surface area contributed by atoms with Crippen molar-refractivity contribution in [2.75, 3.05) is 13.7 Å². The number of methoxy groups -OCH3 is 1. The Bertz CT molecular complexity index is 983. The maximum absolute atomic E-state index is 11.5. The molecule has 1 saturated heterocycles. The lowest BCUT2D eigenvalue weighted by Crippen LogP contribution is -2.85. The number of aryl methyl sites for hydroxylation is 1. The van der Waals surface area contributed by atoms with Gasteiger partial charge in [0.05, 0.1) is 11.0 Å². The Kier molecular flexibility index (Phi) is 4.00. The highest BCUT2D eigenvalue weighted by atomic mass is 16.6. The molecule has 5 fully saturated rings. The Balaban J connectivity index is 1.68. The molecule has 1 aromatic rings. The fraction of sp³-hybridized carbons (Fsp3) is 0.778. The molecule has 2 heterocycles. The molecule has 0 radical (unpaired) electrons. The van der Waals surface area contributed by atoms with Gasteiger partial charge in [-0.3, -0.25) is 4.90 Å². The molecule has 0 amide bonds. The van der Waals surface area contributed by atoms with Crippen LogP contribution in [0.15, 0.2) is 12.1 Å². The van der Waals surface area contributed by atoms with Crippen molar-refractivity contribution in [1.29, 1.82) is 0 Å². The first-order valence-electron chi connectivity index (χ1n) is 12.5. The van der Waals surface area contributed by atoms with Gasteiger partial charge in [0.25, 0.3) is 0 Å². The molecule has 5 nitrogen and oxygen atoms in total. The van der Waals surface area contributed by atoms with E-state index in [1.165, 1.54) is 24.0 Å². The number of aromatic hydroxyl groups is 1. The second kappa shape index (κ2) is 6.03. The Morgan fingerprint density at radius 3 is 2.53 bits per heavy atom. The average Bonchev–Trinajstić information content (AvgIpc) is 3.52. The second-order valence-corrected chi connectivity index (χ2v) is 12.2. The molecule has 176 valence electrons. The summed E-state index contributed by atoms with van der Waals surface area (Å²) in [5.41, 5.74) is -0.0618. The molecule has 2 spiro atoms. The van der Waals surface area contributed by atoms with E-state index in [1.807, 2.05) is 13.8 Å². The number of rotatable bonds is 3. The van der Waals surface area contributed by atoms with E-state index in [1.54, 1.807) is 13.2 Å². The van der Waals surface area contributed by atoms with Gasteiger partial charge in [-0.2, -0.15) is 0 Å². The molecule has 1 aromatic carbocycles. The summed E-state index contributed by atoms with van der Waals surface area (Å²) in [7, 11) is 1.80. The summed E-state index contributed by atoms with van der Waals surface area (Å²) in [5.74, 6) is 0.836. The summed E-state index contributed by atoms with van der Waals surface area (Å²) >= 11 is 0. The maximum Gasteiger partial charge on any atom is 0.166 e. The number of aliphatic hydroxyl groups is 1. The number of benzene rings is 1. The summed E-state index contributed by atoms with van der Waals surface area (Å²) in [4.78, 5) is 2.76. The van der Waals surface area contributed by atoms with Gasteiger partial charge in [-0.15, -0.1) is 0 Å². The lowest BCUT2D eigenvalue weighted by Gasteiger charge is -2.76. The van der Waals surface area contributed by atoms with Crippen LogP contribution < -0.4 is 4.74 Å². The van der Waals surface area contributed by atoms with Gasteiger partial charge in [0.15, 0.2) is 11.5 Å². The van der Waals surface area contributed by atoms with Crippen LogP contribution >= 0.6 is 0 Å². The van der Waals surface area contributed by atoms with E-state index >= 15 is 0 Å². The van der Waals surface area contributed by atoms with E-state index in [9.17, 15) is 10.2 Å². The predicted molar refractivity (Wildman–Crippen MR) is 123 cm³/mol. The van der Waals surface area contributed by atoms with E-state index in [2.05, 4.69) is 31.7 Å². The topological polar surface area (TPSA) is 62.2 Å². The number of piperidine rings is 1. The smallest absolute Gasteiger partial charge is 0.166 e. The van der Waals surface area contributed by atoms with Gasteiger partial charge >= 0.3 is 0 Å². The molecule has 4 aliphatic carbocycles. The molecule has 6 atom stereocenters. The Morgan fingerprint density at radius 1 is 1.19 bits per heavy atom. The zero-order valence-corrected chi connectivity index (χ0v) is 20.5. The second-order valence-electron chi connectivity index (χ2n) is 12.2. The van der Waals surface area contributed by atoms with Gasteiger partial charge < -0.3 is 19.7 Å². The van der Waals surface area contributed by atoms with Crippen LogP contribution in [0, 0.1) is 18.3 Å². The summed E-state index contributed by atoms with van der Waals surface area (Å²) in [5, 5.41) is 22.4. The highest BCUT2D eigenvalue weighted by molar-refractivity contribution is 5.63. The third kappa shape index (κ3) is 2.05. The monoisotopic (exact) mass is 441 g/mol. The number of hydrogen-bond donors (Lipinski definition) is 2. The van der Waals surface area contributed by atoms with Crippen LogP contribution in [0.1, 0.15) is 77.3 Å². The molecule has 2 aliphatic heterocycles. The molecule has 6 unspecified atom stereocenters. The van der Waals surface area contributed by atoms with Gasteiger partial charge in [0, 0.05) is 36.1 Å². The van der Waals surface area contributed by atoms with Crippen molar-refractivity contribution < 1.29 is 19.7 Å². The molecule has 32 heavy (non-hydrogen) atoms. The fourth-order valence-electron chi connectivity index (χ4n) is 9.50. The summed E-state index contributed by atoms with van der Waals surface area (Å²) in [6.07, 6.45) is 6.45. The summed E-state index contributed by atoms with van der Waals surface area (Å²) in [6, 6.07) is 4.92. The predicted octanol–water partition coefficient (Wildman–Crippen LogP) is 4.30. The minimum absolute atomic E-state index is 0.0443. The number of nitrogens with zero attached hydrogens (tertiary/aromatic N) is 1. The lowest BCUT2D eigenvalue weighted by atomic mass is 9.32. The molecule has 2 N–H and O–H groups in total. The number of phenolic OH excluding ortho intramolecular Hbond substituents is 1. The quantitative estimate of drug-likeness (QED) is 0.732. The number of phenols is 1. The van der Waals surface area contributed by atoms with Gasteiger partial charge in [-0.05, 0) is 91.3 Å². The molecule has 7 rings (SSSR count). The van der Waals surface area contributed by atoms with Crippen LogP contribution in [-0.4, -0.2) is 57.7 Å². The Labute approximate surface area is 192 Å². The normalized spacial score (nSPS) is 45.2. The van der Waals surface area contributed by atoms with Gasteiger partial charge in [-0.25, -0.2) is 0 Å². The largest absolute Gasteiger partial charge is 0.504 e. The number of hydrogen-bond acceptors (Lipinski definition) is 5. The number of fused-ring (bicyclic) bond motifs is 3. The first-order valence-corrected chi connectivity index (χ1v) is 12.5. The van der Waals surface area contributed by atoms with Crippen molar-refractivity contribution in [3.63, 3.8) is 0 Å². The van der Waals surface area contributed by atoms with Crippen LogP contribution in [-0.2, 0) is 10.2 Å². The van der Waals surface area contributed by atoms with Crippen LogP contribution in [0.2, 0.25) is 0 Å². The first kappa shape index (κ1) is 21.2. The minimum Gasteiger partial charge on any atom is -0.504 e.